The number of benzene rings is 1. The zero-order valence-electron chi connectivity index (χ0n) is 13.6. The van der Waals surface area contributed by atoms with Crippen LogP contribution in [0, 0.1) is 4.77 Å². The first-order valence-corrected chi connectivity index (χ1v) is 8.39. The van der Waals surface area contributed by atoms with Gasteiger partial charge in [-0.25, -0.2) is 4.68 Å². The molecule has 1 aromatic carbocycles. The van der Waals surface area contributed by atoms with Gasteiger partial charge >= 0.3 is 0 Å². The van der Waals surface area contributed by atoms with Gasteiger partial charge in [-0.15, -0.1) is 0 Å². The maximum absolute atomic E-state index is 5.51. The molecule has 118 valence electrons. The lowest BCUT2D eigenvalue weighted by Crippen LogP contribution is -2.22. The van der Waals surface area contributed by atoms with Crippen molar-refractivity contribution in [3.05, 3.63) is 46.0 Å². The third-order valence-electron chi connectivity index (χ3n) is 4.28. The highest BCUT2D eigenvalue weighted by atomic mass is 32.1. The van der Waals surface area contributed by atoms with Gasteiger partial charge in [0.05, 0.1) is 6.67 Å². The summed E-state index contributed by atoms with van der Waals surface area (Å²) in [5.41, 5.74) is 2.71. The number of rotatable bonds is 6. The molecule has 1 aromatic heterocycles. The van der Waals surface area contributed by atoms with Crippen LogP contribution in [-0.4, -0.2) is 26.3 Å². The van der Waals surface area contributed by atoms with Crippen molar-refractivity contribution < 1.29 is 0 Å². The quantitative estimate of drug-likeness (QED) is 0.763. The summed E-state index contributed by atoms with van der Waals surface area (Å²) in [6, 6.07) is 8.84. The van der Waals surface area contributed by atoms with E-state index in [4.69, 9.17) is 17.3 Å². The first-order chi connectivity index (χ1) is 10.6. The van der Waals surface area contributed by atoms with Gasteiger partial charge in [0, 0.05) is 19.5 Å². The molecular formula is C17H24N4S. The largest absolute Gasteiger partial charge is 0.307 e. The van der Waals surface area contributed by atoms with E-state index in [0.717, 1.165) is 30.2 Å². The monoisotopic (exact) mass is 316 g/mol. The summed E-state index contributed by atoms with van der Waals surface area (Å²) in [4.78, 5) is 2.25. The Morgan fingerprint density at radius 1 is 1.23 bits per heavy atom. The predicted molar refractivity (Wildman–Crippen MR) is 91.3 cm³/mol. The van der Waals surface area contributed by atoms with E-state index in [-0.39, 0.29) is 0 Å². The number of nitrogens with zero attached hydrogens (tertiary/aromatic N) is 4. The average Bonchev–Trinajstić information content (AvgIpc) is 3.31. The second-order valence-electron chi connectivity index (χ2n) is 6.30. The van der Waals surface area contributed by atoms with Gasteiger partial charge in [-0.05, 0) is 49.7 Å². The fourth-order valence-corrected chi connectivity index (χ4v) is 2.96. The molecule has 5 heteroatoms. The second kappa shape index (κ2) is 6.34. The van der Waals surface area contributed by atoms with Crippen LogP contribution >= 0.6 is 12.2 Å². The maximum Gasteiger partial charge on any atom is 0.198 e. The first-order valence-electron chi connectivity index (χ1n) is 7.98. The van der Waals surface area contributed by atoms with Crippen molar-refractivity contribution in [1.29, 1.82) is 0 Å². The lowest BCUT2D eigenvalue weighted by Gasteiger charge is -2.16. The highest BCUT2D eigenvalue weighted by molar-refractivity contribution is 7.71. The fourth-order valence-electron chi connectivity index (χ4n) is 2.76. The summed E-state index contributed by atoms with van der Waals surface area (Å²) in [5, 5.41) is 4.71. The van der Waals surface area contributed by atoms with Crippen LogP contribution in [0.4, 0.5) is 0 Å². The smallest absolute Gasteiger partial charge is 0.198 e. The molecule has 3 rings (SSSR count). The van der Waals surface area contributed by atoms with E-state index in [0.29, 0.717) is 5.92 Å². The summed E-state index contributed by atoms with van der Waals surface area (Å²) in [6.45, 7) is 3.82. The zero-order chi connectivity index (χ0) is 15.7. The molecule has 0 amide bonds. The average molecular weight is 316 g/mol. The van der Waals surface area contributed by atoms with Crippen LogP contribution < -0.4 is 0 Å². The van der Waals surface area contributed by atoms with Crippen LogP contribution in [0.15, 0.2) is 24.3 Å². The molecule has 1 fully saturated rings. The molecule has 0 aliphatic heterocycles. The molecule has 1 aliphatic rings. The van der Waals surface area contributed by atoms with Crippen LogP contribution in [0.2, 0.25) is 0 Å². The Morgan fingerprint density at radius 3 is 2.45 bits per heavy atom. The van der Waals surface area contributed by atoms with E-state index in [2.05, 4.69) is 47.7 Å². The van der Waals surface area contributed by atoms with Crippen molar-refractivity contribution in [2.24, 2.45) is 7.05 Å². The Balaban J connectivity index is 1.67. The van der Waals surface area contributed by atoms with E-state index < -0.39 is 0 Å². The molecule has 2 aromatic rings. The molecular weight excluding hydrogens is 292 g/mol. The van der Waals surface area contributed by atoms with Crippen molar-refractivity contribution in [3.8, 4) is 0 Å². The van der Waals surface area contributed by atoms with Crippen LogP contribution in [0.1, 0.15) is 42.6 Å². The minimum atomic E-state index is 0.625. The van der Waals surface area contributed by atoms with Gasteiger partial charge in [-0.1, -0.05) is 31.2 Å². The Labute approximate surface area is 137 Å². The summed E-state index contributed by atoms with van der Waals surface area (Å²) in [7, 11) is 4.14. The fraction of sp³-hybridized carbons (Fsp3) is 0.529. The van der Waals surface area contributed by atoms with Gasteiger partial charge in [0.1, 0.15) is 5.82 Å². The maximum atomic E-state index is 5.51. The van der Waals surface area contributed by atoms with Crippen molar-refractivity contribution in [3.63, 3.8) is 0 Å². The van der Waals surface area contributed by atoms with Crippen molar-refractivity contribution in [2.45, 2.75) is 45.3 Å². The lowest BCUT2D eigenvalue weighted by molar-refractivity contribution is 0.243. The molecule has 0 radical (unpaired) electrons. The lowest BCUT2D eigenvalue weighted by atomic mass is 10.1. The van der Waals surface area contributed by atoms with Crippen molar-refractivity contribution in [2.75, 3.05) is 7.05 Å². The standard InChI is InChI=1S/C17H24N4S/c1-4-13-5-7-14(8-6-13)11-19(2)12-21-17(22)20(3)16(18-21)15-9-10-15/h5-8,15H,4,9-12H2,1-3H3. The van der Waals surface area contributed by atoms with Crippen molar-refractivity contribution >= 4 is 12.2 Å². The van der Waals surface area contributed by atoms with E-state index in [1.165, 1.54) is 24.0 Å². The second-order valence-corrected chi connectivity index (χ2v) is 6.66. The van der Waals surface area contributed by atoms with E-state index >= 15 is 0 Å². The molecule has 0 N–H and O–H groups in total. The summed E-state index contributed by atoms with van der Waals surface area (Å²) in [6.07, 6.45) is 3.58. The summed E-state index contributed by atoms with van der Waals surface area (Å²) >= 11 is 5.51. The molecule has 1 heterocycles. The molecule has 0 spiro atoms. The number of aromatic nitrogens is 3. The molecule has 1 saturated carbocycles. The van der Waals surface area contributed by atoms with Crippen LogP contribution in [0.3, 0.4) is 0 Å². The molecule has 0 atom stereocenters. The van der Waals surface area contributed by atoms with Gasteiger partial charge in [-0.3, -0.25) is 4.90 Å². The highest BCUT2D eigenvalue weighted by Gasteiger charge is 2.29. The Kier molecular flexibility index (Phi) is 4.45. The normalized spacial score (nSPS) is 14.7. The SMILES string of the molecule is CCc1ccc(CN(C)Cn2nc(C3CC3)n(C)c2=S)cc1. The molecule has 4 nitrogen and oxygen atoms in total. The van der Waals surface area contributed by atoms with Crippen LogP contribution in [0.5, 0.6) is 0 Å². The molecule has 22 heavy (non-hydrogen) atoms. The van der Waals surface area contributed by atoms with Gasteiger partial charge < -0.3 is 4.57 Å². The third kappa shape index (κ3) is 3.31. The highest BCUT2D eigenvalue weighted by Crippen LogP contribution is 2.38. The minimum absolute atomic E-state index is 0.625. The van der Waals surface area contributed by atoms with E-state index in [9.17, 15) is 0 Å². The Morgan fingerprint density at radius 2 is 1.86 bits per heavy atom. The third-order valence-corrected chi connectivity index (χ3v) is 4.76. The topological polar surface area (TPSA) is 26.0 Å². The molecule has 1 aliphatic carbocycles. The molecule has 0 saturated heterocycles. The Bertz CT molecular complexity index is 694. The minimum Gasteiger partial charge on any atom is -0.307 e. The number of aryl methyl sites for hydroxylation is 1. The van der Waals surface area contributed by atoms with Gasteiger partial charge in [0.15, 0.2) is 4.77 Å². The number of hydrogen-bond acceptors (Lipinski definition) is 3. The van der Waals surface area contributed by atoms with Crippen LogP contribution in [-0.2, 0) is 26.7 Å². The van der Waals surface area contributed by atoms with Gasteiger partial charge in [0.2, 0.25) is 0 Å². The first kappa shape index (κ1) is 15.4. The molecule has 0 bridgehead atoms. The van der Waals surface area contributed by atoms with E-state index in [1.54, 1.807) is 0 Å². The number of hydrogen-bond donors (Lipinski definition) is 0. The van der Waals surface area contributed by atoms with Crippen molar-refractivity contribution in [1.82, 2.24) is 19.2 Å². The predicted octanol–water partition coefficient (Wildman–Crippen LogP) is 3.48. The Hall–Kier alpha value is -1.46. The molecule has 0 unspecified atom stereocenters. The zero-order valence-corrected chi connectivity index (χ0v) is 14.4. The summed E-state index contributed by atoms with van der Waals surface area (Å²) < 4.78 is 4.83. The van der Waals surface area contributed by atoms with E-state index in [1.807, 2.05) is 11.7 Å². The summed E-state index contributed by atoms with van der Waals surface area (Å²) in [5.74, 6) is 1.77. The van der Waals surface area contributed by atoms with Crippen LogP contribution in [0.25, 0.3) is 0 Å². The van der Waals surface area contributed by atoms with Gasteiger partial charge in [-0.2, -0.15) is 5.10 Å². The van der Waals surface area contributed by atoms with Gasteiger partial charge in [0.25, 0.3) is 0 Å².